The zero-order chi connectivity index (χ0) is 14.5. The van der Waals surface area contributed by atoms with E-state index in [2.05, 4.69) is 10.6 Å². The zero-order valence-corrected chi connectivity index (χ0v) is 12.7. The van der Waals surface area contributed by atoms with Crippen molar-refractivity contribution >= 4 is 6.09 Å². The number of carbonyl (C=O) groups excluding carboxylic acids is 1. The van der Waals surface area contributed by atoms with Gasteiger partial charge < -0.3 is 21.1 Å². The van der Waals surface area contributed by atoms with E-state index in [1.165, 1.54) is 0 Å². The molecule has 1 amide bonds. The van der Waals surface area contributed by atoms with E-state index in [-0.39, 0.29) is 12.1 Å². The van der Waals surface area contributed by atoms with Crippen LogP contribution in [0.5, 0.6) is 0 Å². The summed E-state index contributed by atoms with van der Waals surface area (Å²) >= 11 is 0. The highest BCUT2D eigenvalue weighted by Crippen LogP contribution is 2.16. The first-order valence-electron chi connectivity index (χ1n) is 7.25. The van der Waals surface area contributed by atoms with Crippen molar-refractivity contribution in [2.75, 3.05) is 6.54 Å². The van der Waals surface area contributed by atoms with Crippen molar-refractivity contribution in [3.63, 3.8) is 0 Å². The predicted molar refractivity (Wildman–Crippen MR) is 77.1 cm³/mol. The highest BCUT2D eigenvalue weighted by atomic mass is 16.6. The van der Waals surface area contributed by atoms with Crippen LogP contribution in [-0.2, 0) is 4.74 Å². The first kappa shape index (κ1) is 16.2. The molecule has 1 atom stereocenters. The van der Waals surface area contributed by atoms with E-state index in [1.54, 1.807) is 0 Å². The molecule has 0 aromatic heterocycles. The first-order valence-corrected chi connectivity index (χ1v) is 7.25. The van der Waals surface area contributed by atoms with Gasteiger partial charge in [0.05, 0.1) is 0 Å². The molecule has 0 radical (unpaired) electrons. The maximum Gasteiger partial charge on any atom is 0.407 e. The maximum atomic E-state index is 11.6. The number of carbonyl (C=O) groups is 1. The van der Waals surface area contributed by atoms with Gasteiger partial charge >= 0.3 is 6.09 Å². The van der Waals surface area contributed by atoms with Crippen LogP contribution in [0, 0.1) is 0 Å². The number of amides is 1. The Hall–Kier alpha value is -0.810. The van der Waals surface area contributed by atoms with E-state index in [4.69, 9.17) is 10.5 Å². The van der Waals surface area contributed by atoms with Crippen LogP contribution in [0.1, 0.15) is 53.4 Å². The Balaban J connectivity index is 2.17. The van der Waals surface area contributed by atoms with Crippen molar-refractivity contribution in [2.24, 2.45) is 5.73 Å². The lowest BCUT2D eigenvalue weighted by Gasteiger charge is -2.28. The van der Waals surface area contributed by atoms with Gasteiger partial charge in [-0.15, -0.1) is 0 Å². The van der Waals surface area contributed by atoms with E-state index in [1.807, 2.05) is 27.7 Å². The largest absolute Gasteiger partial charge is 0.444 e. The summed E-state index contributed by atoms with van der Waals surface area (Å²) in [7, 11) is 0. The zero-order valence-electron chi connectivity index (χ0n) is 12.7. The van der Waals surface area contributed by atoms with Gasteiger partial charge in [0.25, 0.3) is 0 Å². The number of hydrogen-bond donors (Lipinski definition) is 3. The molecule has 0 aliphatic heterocycles. The summed E-state index contributed by atoms with van der Waals surface area (Å²) in [6.07, 6.45) is 4.07. The molecular weight excluding hydrogens is 242 g/mol. The van der Waals surface area contributed by atoms with Crippen LogP contribution in [0.15, 0.2) is 0 Å². The minimum absolute atomic E-state index is 0.0606. The van der Waals surface area contributed by atoms with E-state index in [0.29, 0.717) is 12.1 Å². The first-order chi connectivity index (χ1) is 8.76. The summed E-state index contributed by atoms with van der Waals surface area (Å²) in [5, 5.41) is 6.32. The molecule has 0 saturated heterocycles. The average molecular weight is 271 g/mol. The number of ether oxygens (including phenoxy) is 1. The lowest BCUT2D eigenvalue weighted by Crippen LogP contribution is -2.46. The van der Waals surface area contributed by atoms with Crippen molar-refractivity contribution in [3.05, 3.63) is 0 Å². The van der Waals surface area contributed by atoms with Crippen LogP contribution in [0.4, 0.5) is 4.79 Å². The number of nitrogens with one attached hydrogen (secondary N) is 2. The third-order valence-electron chi connectivity index (χ3n) is 3.25. The lowest BCUT2D eigenvalue weighted by molar-refractivity contribution is 0.0507. The Kier molecular flexibility index (Phi) is 6.07. The molecule has 1 aliphatic carbocycles. The van der Waals surface area contributed by atoms with Gasteiger partial charge in [0.15, 0.2) is 0 Å². The second kappa shape index (κ2) is 7.10. The molecule has 0 spiro atoms. The van der Waals surface area contributed by atoms with Crippen LogP contribution >= 0.6 is 0 Å². The SMILES string of the molecule is CC(CNC1CCC(N)CC1)NC(=O)OC(C)(C)C. The van der Waals surface area contributed by atoms with Gasteiger partial charge in [0.2, 0.25) is 0 Å². The normalized spacial score (nSPS) is 25.7. The van der Waals surface area contributed by atoms with Gasteiger partial charge in [0.1, 0.15) is 5.60 Å². The molecule has 1 unspecified atom stereocenters. The second-order valence-corrected chi connectivity index (χ2v) is 6.57. The second-order valence-electron chi connectivity index (χ2n) is 6.57. The van der Waals surface area contributed by atoms with Gasteiger partial charge in [-0.2, -0.15) is 0 Å². The smallest absolute Gasteiger partial charge is 0.407 e. The molecule has 19 heavy (non-hydrogen) atoms. The number of nitrogens with two attached hydrogens (primary N) is 1. The Morgan fingerprint density at radius 3 is 2.42 bits per heavy atom. The summed E-state index contributed by atoms with van der Waals surface area (Å²) in [4.78, 5) is 11.6. The van der Waals surface area contributed by atoms with Gasteiger partial charge in [0, 0.05) is 24.7 Å². The Bertz CT molecular complexity index is 281. The molecule has 1 fully saturated rings. The van der Waals surface area contributed by atoms with Crippen molar-refractivity contribution in [1.82, 2.24) is 10.6 Å². The summed E-state index contributed by atoms with van der Waals surface area (Å²) in [5.41, 5.74) is 5.43. The quantitative estimate of drug-likeness (QED) is 0.728. The Morgan fingerprint density at radius 2 is 1.89 bits per heavy atom. The Morgan fingerprint density at radius 1 is 1.32 bits per heavy atom. The van der Waals surface area contributed by atoms with E-state index < -0.39 is 5.60 Å². The van der Waals surface area contributed by atoms with Gasteiger partial charge in [-0.1, -0.05) is 0 Å². The van der Waals surface area contributed by atoms with E-state index in [9.17, 15) is 4.79 Å². The summed E-state index contributed by atoms with van der Waals surface area (Å²) in [6.45, 7) is 8.33. The number of alkyl carbamates (subject to hydrolysis) is 1. The molecule has 112 valence electrons. The number of rotatable bonds is 4. The van der Waals surface area contributed by atoms with Crippen LogP contribution in [0.2, 0.25) is 0 Å². The highest BCUT2D eigenvalue weighted by Gasteiger charge is 2.20. The number of hydrogen-bond acceptors (Lipinski definition) is 4. The molecule has 1 aliphatic rings. The molecule has 0 aromatic carbocycles. The van der Waals surface area contributed by atoms with Crippen LogP contribution in [-0.4, -0.2) is 36.4 Å². The molecule has 0 bridgehead atoms. The summed E-state index contributed by atoms with van der Waals surface area (Å²) in [6, 6.07) is 0.962. The fraction of sp³-hybridized carbons (Fsp3) is 0.929. The van der Waals surface area contributed by atoms with Crippen LogP contribution < -0.4 is 16.4 Å². The van der Waals surface area contributed by atoms with Crippen molar-refractivity contribution in [2.45, 2.75) is 77.1 Å². The third-order valence-corrected chi connectivity index (χ3v) is 3.25. The molecule has 1 saturated carbocycles. The predicted octanol–water partition coefficient (Wildman–Crippen LogP) is 1.76. The fourth-order valence-electron chi connectivity index (χ4n) is 2.23. The molecule has 0 heterocycles. The molecule has 4 N–H and O–H groups in total. The highest BCUT2D eigenvalue weighted by molar-refractivity contribution is 5.68. The molecule has 5 heteroatoms. The van der Waals surface area contributed by atoms with Crippen LogP contribution in [0.3, 0.4) is 0 Å². The maximum absolute atomic E-state index is 11.6. The minimum Gasteiger partial charge on any atom is -0.444 e. The molecule has 5 nitrogen and oxygen atoms in total. The summed E-state index contributed by atoms with van der Waals surface area (Å²) < 4.78 is 5.22. The van der Waals surface area contributed by atoms with E-state index >= 15 is 0 Å². The van der Waals surface area contributed by atoms with Gasteiger partial charge in [-0.3, -0.25) is 0 Å². The van der Waals surface area contributed by atoms with E-state index in [0.717, 1.165) is 32.2 Å². The summed E-state index contributed by atoms with van der Waals surface area (Å²) in [5.74, 6) is 0. The minimum atomic E-state index is -0.448. The third kappa shape index (κ3) is 7.38. The van der Waals surface area contributed by atoms with Crippen LogP contribution in [0.25, 0.3) is 0 Å². The standard InChI is InChI=1S/C14H29N3O2/c1-10(17-13(18)19-14(2,3)4)9-16-12-7-5-11(15)6-8-12/h10-12,16H,5-9,15H2,1-4H3,(H,17,18). The fourth-order valence-corrected chi connectivity index (χ4v) is 2.23. The molecular formula is C14H29N3O2. The molecule has 1 rings (SSSR count). The lowest BCUT2D eigenvalue weighted by atomic mass is 9.92. The van der Waals surface area contributed by atoms with Crippen molar-refractivity contribution in [3.8, 4) is 0 Å². The monoisotopic (exact) mass is 271 g/mol. The average Bonchev–Trinajstić information content (AvgIpc) is 2.25. The van der Waals surface area contributed by atoms with Gasteiger partial charge in [-0.05, 0) is 53.4 Å². The molecule has 0 aromatic rings. The Labute approximate surface area is 116 Å². The van der Waals surface area contributed by atoms with Gasteiger partial charge in [-0.25, -0.2) is 4.79 Å². The topological polar surface area (TPSA) is 76.4 Å². The van der Waals surface area contributed by atoms with Crippen molar-refractivity contribution in [1.29, 1.82) is 0 Å². The van der Waals surface area contributed by atoms with Crippen molar-refractivity contribution < 1.29 is 9.53 Å².